The molecule has 1 aliphatic rings. The van der Waals surface area contributed by atoms with Gasteiger partial charge in [-0.05, 0) is 27.7 Å². The van der Waals surface area contributed by atoms with E-state index < -0.39 is 15.3 Å². The first-order valence-corrected chi connectivity index (χ1v) is 7.44. The van der Waals surface area contributed by atoms with Crippen LogP contribution in [0, 0.1) is 5.92 Å². The van der Waals surface area contributed by atoms with Crippen LogP contribution in [0.5, 0.6) is 0 Å². The van der Waals surface area contributed by atoms with Gasteiger partial charge in [0.25, 0.3) is 0 Å². The van der Waals surface area contributed by atoms with Crippen molar-refractivity contribution in [2.24, 2.45) is 5.92 Å². The first kappa shape index (κ1) is 14.4. The third-order valence-corrected chi connectivity index (χ3v) is 5.48. The van der Waals surface area contributed by atoms with Crippen LogP contribution in [0.2, 0.25) is 0 Å². The minimum atomic E-state index is -3.19. The number of hydrogen-bond acceptors (Lipinski definition) is 3. The average molecular weight is 262 g/mol. The maximum atomic E-state index is 11.9. The molecule has 0 atom stereocenters. The van der Waals surface area contributed by atoms with Crippen LogP contribution in [-0.2, 0) is 14.8 Å². The maximum absolute atomic E-state index is 11.9. The van der Waals surface area contributed by atoms with Gasteiger partial charge < -0.3 is 4.90 Å². The zero-order chi connectivity index (χ0) is 13.4. The molecule has 0 N–H and O–H groups in total. The van der Waals surface area contributed by atoms with E-state index in [2.05, 4.69) is 0 Å². The summed E-state index contributed by atoms with van der Waals surface area (Å²) < 4.78 is 25.0. The Morgan fingerprint density at radius 1 is 1.24 bits per heavy atom. The predicted molar refractivity (Wildman–Crippen MR) is 67.0 cm³/mol. The van der Waals surface area contributed by atoms with Crippen molar-refractivity contribution in [3.63, 3.8) is 0 Å². The molecule has 0 bridgehead atoms. The number of hydrogen-bond donors (Lipinski definition) is 0. The molecule has 5 nitrogen and oxygen atoms in total. The molecule has 1 rings (SSSR count). The highest BCUT2D eigenvalue weighted by Gasteiger charge is 2.41. The highest BCUT2D eigenvalue weighted by molar-refractivity contribution is 7.89. The van der Waals surface area contributed by atoms with Gasteiger partial charge in [0.1, 0.15) is 0 Å². The van der Waals surface area contributed by atoms with E-state index in [9.17, 15) is 13.2 Å². The summed E-state index contributed by atoms with van der Waals surface area (Å²) >= 11 is 0. The lowest BCUT2D eigenvalue weighted by Gasteiger charge is -2.40. The Kier molecular flexibility index (Phi) is 4.19. The van der Waals surface area contributed by atoms with E-state index in [1.165, 1.54) is 4.31 Å². The number of sulfonamides is 1. The number of nitrogens with zero attached hydrogens (tertiary/aromatic N) is 2. The molecule has 0 aromatic heterocycles. The van der Waals surface area contributed by atoms with Gasteiger partial charge in [0.15, 0.2) is 0 Å². The van der Waals surface area contributed by atoms with E-state index in [1.807, 2.05) is 13.8 Å². The summed E-state index contributed by atoms with van der Waals surface area (Å²) in [6.45, 7) is 7.86. The van der Waals surface area contributed by atoms with E-state index in [0.29, 0.717) is 13.1 Å². The first-order chi connectivity index (χ1) is 7.67. The van der Waals surface area contributed by atoms with Crippen molar-refractivity contribution in [1.29, 1.82) is 0 Å². The molecule has 100 valence electrons. The summed E-state index contributed by atoms with van der Waals surface area (Å²) in [6, 6.07) is 0.151. The van der Waals surface area contributed by atoms with Crippen LogP contribution < -0.4 is 0 Å². The lowest BCUT2D eigenvalue weighted by atomic mass is 10.0. The molecule has 0 aromatic rings. The Morgan fingerprint density at radius 2 is 1.71 bits per heavy atom. The molecule has 0 aromatic carbocycles. The van der Waals surface area contributed by atoms with Gasteiger partial charge in [-0.15, -0.1) is 0 Å². The summed E-state index contributed by atoms with van der Waals surface area (Å²) in [5, 5.41) is -0.415. The van der Waals surface area contributed by atoms with Crippen LogP contribution in [0.15, 0.2) is 0 Å². The van der Waals surface area contributed by atoms with Crippen molar-refractivity contribution in [1.82, 2.24) is 9.21 Å². The fourth-order valence-corrected chi connectivity index (χ4v) is 3.01. The van der Waals surface area contributed by atoms with Gasteiger partial charge in [0, 0.05) is 26.2 Å². The minimum absolute atomic E-state index is 0.0372. The van der Waals surface area contributed by atoms with Crippen LogP contribution in [-0.4, -0.2) is 55.0 Å². The number of carbonyl (C=O) groups is 1. The quantitative estimate of drug-likeness (QED) is 0.742. The largest absolute Gasteiger partial charge is 0.343 e. The monoisotopic (exact) mass is 262 g/mol. The Hall–Kier alpha value is -0.620. The van der Waals surface area contributed by atoms with Crippen LogP contribution in [0.3, 0.4) is 0 Å². The second-order valence-corrected chi connectivity index (χ2v) is 7.64. The van der Waals surface area contributed by atoms with E-state index in [-0.39, 0.29) is 17.9 Å². The molecule has 17 heavy (non-hydrogen) atoms. The molecule has 1 aliphatic heterocycles. The summed E-state index contributed by atoms with van der Waals surface area (Å²) in [5.41, 5.74) is 0. The van der Waals surface area contributed by atoms with E-state index >= 15 is 0 Å². The second kappa shape index (κ2) is 4.94. The predicted octanol–water partition coefficient (Wildman–Crippen LogP) is 0.523. The smallest absolute Gasteiger partial charge is 0.228 e. The SMILES string of the molecule is CC(C)N(C)C(=O)C1CN(S(=O)(=O)C(C)C)C1. The first-order valence-electron chi connectivity index (χ1n) is 5.93. The Balaban J connectivity index is 2.56. The van der Waals surface area contributed by atoms with Crippen molar-refractivity contribution >= 4 is 15.9 Å². The minimum Gasteiger partial charge on any atom is -0.343 e. The van der Waals surface area contributed by atoms with Gasteiger partial charge >= 0.3 is 0 Å². The molecule has 1 amide bonds. The fourth-order valence-electron chi connectivity index (χ4n) is 1.64. The van der Waals surface area contributed by atoms with E-state index in [4.69, 9.17) is 0 Å². The van der Waals surface area contributed by atoms with Crippen molar-refractivity contribution in [2.75, 3.05) is 20.1 Å². The van der Waals surface area contributed by atoms with Gasteiger partial charge in [-0.25, -0.2) is 12.7 Å². The fraction of sp³-hybridized carbons (Fsp3) is 0.909. The zero-order valence-corrected chi connectivity index (χ0v) is 12.0. The van der Waals surface area contributed by atoms with Gasteiger partial charge in [-0.2, -0.15) is 0 Å². The summed E-state index contributed by atoms with van der Waals surface area (Å²) in [5.74, 6) is -0.133. The Morgan fingerprint density at radius 3 is 2.06 bits per heavy atom. The van der Waals surface area contributed by atoms with Gasteiger partial charge in [-0.3, -0.25) is 4.79 Å². The second-order valence-electron chi connectivity index (χ2n) is 5.15. The van der Waals surface area contributed by atoms with Gasteiger partial charge in [0.05, 0.1) is 11.2 Å². The zero-order valence-electron chi connectivity index (χ0n) is 11.2. The molecule has 0 unspecified atom stereocenters. The van der Waals surface area contributed by atoms with Crippen LogP contribution in [0.4, 0.5) is 0 Å². The molecule has 0 aliphatic carbocycles. The van der Waals surface area contributed by atoms with Gasteiger partial charge in [0.2, 0.25) is 15.9 Å². The molecule has 6 heteroatoms. The van der Waals surface area contributed by atoms with E-state index in [0.717, 1.165) is 0 Å². The van der Waals surface area contributed by atoms with Crippen molar-refractivity contribution < 1.29 is 13.2 Å². The van der Waals surface area contributed by atoms with Crippen LogP contribution >= 0.6 is 0 Å². The lowest BCUT2D eigenvalue weighted by Crippen LogP contribution is -2.57. The number of amides is 1. The van der Waals surface area contributed by atoms with Crippen molar-refractivity contribution in [3.8, 4) is 0 Å². The molecular weight excluding hydrogens is 240 g/mol. The number of rotatable bonds is 4. The molecular formula is C11H22N2O3S. The highest BCUT2D eigenvalue weighted by Crippen LogP contribution is 2.24. The summed E-state index contributed by atoms with van der Waals surface area (Å²) in [7, 11) is -1.43. The molecule has 1 saturated heterocycles. The Labute approximate surface area is 104 Å². The molecule has 0 radical (unpaired) electrons. The normalized spacial score (nSPS) is 18.5. The molecule has 1 heterocycles. The van der Waals surface area contributed by atoms with Crippen molar-refractivity contribution in [2.45, 2.75) is 39.0 Å². The standard InChI is InChI=1S/C11H22N2O3S/c1-8(2)12(5)11(14)10-6-13(7-10)17(15,16)9(3)4/h8-10H,6-7H2,1-5H3. The third-order valence-electron chi connectivity index (χ3n) is 3.28. The number of carbonyl (C=O) groups excluding carboxylic acids is 1. The lowest BCUT2D eigenvalue weighted by molar-refractivity contribution is -0.139. The van der Waals surface area contributed by atoms with E-state index in [1.54, 1.807) is 25.8 Å². The summed E-state index contributed by atoms with van der Waals surface area (Å²) in [4.78, 5) is 13.6. The molecule has 0 saturated carbocycles. The van der Waals surface area contributed by atoms with Crippen LogP contribution in [0.25, 0.3) is 0 Å². The maximum Gasteiger partial charge on any atom is 0.228 e. The van der Waals surface area contributed by atoms with Crippen molar-refractivity contribution in [3.05, 3.63) is 0 Å². The molecule has 0 spiro atoms. The average Bonchev–Trinajstić information content (AvgIpc) is 2.12. The van der Waals surface area contributed by atoms with Crippen LogP contribution in [0.1, 0.15) is 27.7 Å². The summed E-state index contributed by atoms with van der Waals surface area (Å²) in [6.07, 6.45) is 0. The topological polar surface area (TPSA) is 57.7 Å². The Bertz CT molecular complexity index is 384. The third kappa shape index (κ3) is 2.80. The highest BCUT2D eigenvalue weighted by atomic mass is 32.2. The van der Waals surface area contributed by atoms with Gasteiger partial charge in [-0.1, -0.05) is 0 Å². The molecule has 1 fully saturated rings.